The molecule has 0 aliphatic heterocycles. The standard InChI is InChI=1S/C14H15N3O2S3/c1-10(18)15-7-8-20-13-16-14(22-17-13)21-9-11-3-5-12(19-2)6-4-11/h3-8H,9H2,1-2H3,(H,15,18)/b8-7-. The zero-order chi connectivity index (χ0) is 15.8. The number of nitrogens with one attached hydrogen (secondary N) is 1. The Morgan fingerprint density at radius 2 is 2.18 bits per heavy atom. The zero-order valence-electron chi connectivity index (χ0n) is 12.1. The van der Waals surface area contributed by atoms with E-state index in [1.165, 1.54) is 35.8 Å². The maximum Gasteiger partial charge on any atom is 0.220 e. The summed E-state index contributed by atoms with van der Waals surface area (Å²) >= 11 is 4.40. The third-order valence-electron chi connectivity index (χ3n) is 2.44. The fraction of sp³-hybridized carbons (Fsp3) is 0.214. The molecule has 5 nitrogen and oxygen atoms in total. The first kappa shape index (κ1) is 16.9. The van der Waals surface area contributed by atoms with Gasteiger partial charge in [-0.05, 0) is 34.6 Å². The van der Waals surface area contributed by atoms with Gasteiger partial charge in [-0.3, -0.25) is 4.79 Å². The molecule has 1 aromatic carbocycles. The Kier molecular flexibility index (Phi) is 6.75. The number of methoxy groups -OCH3 is 1. The van der Waals surface area contributed by atoms with Gasteiger partial charge in [0.25, 0.3) is 0 Å². The van der Waals surface area contributed by atoms with Gasteiger partial charge in [-0.1, -0.05) is 35.7 Å². The Labute approximate surface area is 141 Å². The van der Waals surface area contributed by atoms with E-state index in [-0.39, 0.29) is 5.91 Å². The lowest BCUT2D eigenvalue weighted by Crippen LogP contribution is -2.10. The van der Waals surface area contributed by atoms with Crippen LogP contribution in [0.1, 0.15) is 12.5 Å². The molecule has 0 fully saturated rings. The summed E-state index contributed by atoms with van der Waals surface area (Å²) in [5.74, 6) is 1.60. The first-order valence-electron chi connectivity index (χ1n) is 6.35. The van der Waals surface area contributed by atoms with Crippen LogP contribution in [0.4, 0.5) is 0 Å². The quantitative estimate of drug-likeness (QED) is 0.768. The fourth-order valence-electron chi connectivity index (χ4n) is 1.42. The summed E-state index contributed by atoms with van der Waals surface area (Å²) in [6, 6.07) is 7.98. The smallest absolute Gasteiger partial charge is 0.220 e. The van der Waals surface area contributed by atoms with Crippen molar-refractivity contribution in [2.45, 2.75) is 22.2 Å². The average Bonchev–Trinajstić information content (AvgIpc) is 2.98. The van der Waals surface area contributed by atoms with Crippen LogP contribution in [0.5, 0.6) is 5.75 Å². The number of hydrogen-bond acceptors (Lipinski definition) is 7. The number of carbonyl (C=O) groups is 1. The molecule has 1 N–H and O–H groups in total. The van der Waals surface area contributed by atoms with Gasteiger partial charge in [0.2, 0.25) is 11.1 Å². The first-order chi connectivity index (χ1) is 10.7. The van der Waals surface area contributed by atoms with Crippen molar-refractivity contribution in [2.24, 2.45) is 0 Å². The van der Waals surface area contributed by atoms with Gasteiger partial charge in [0.15, 0.2) is 4.34 Å². The second-order valence-corrected chi connectivity index (χ2v) is 6.95. The normalized spacial score (nSPS) is 10.8. The number of ether oxygens (including phenoxy) is 1. The van der Waals surface area contributed by atoms with Crippen LogP contribution >= 0.6 is 35.1 Å². The van der Waals surface area contributed by atoms with Crippen molar-refractivity contribution in [3.8, 4) is 5.75 Å². The van der Waals surface area contributed by atoms with E-state index >= 15 is 0 Å². The molecule has 116 valence electrons. The molecule has 0 bridgehead atoms. The van der Waals surface area contributed by atoms with Gasteiger partial charge in [-0.15, -0.1) is 0 Å². The number of nitrogens with zero attached hydrogens (tertiary/aromatic N) is 2. The van der Waals surface area contributed by atoms with Crippen molar-refractivity contribution in [3.05, 3.63) is 41.4 Å². The van der Waals surface area contributed by atoms with Crippen LogP contribution in [0.3, 0.4) is 0 Å². The lowest BCUT2D eigenvalue weighted by molar-refractivity contribution is -0.118. The van der Waals surface area contributed by atoms with Crippen molar-refractivity contribution in [2.75, 3.05) is 7.11 Å². The van der Waals surface area contributed by atoms with Gasteiger partial charge < -0.3 is 10.1 Å². The molecule has 22 heavy (non-hydrogen) atoms. The molecular weight excluding hydrogens is 338 g/mol. The van der Waals surface area contributed by atoms with Crippen molar-refractivity contribution >= 4 is 41.0 Å². The maximum atomic E-state index is 10.7. The third-order valence-corrected chi connectivity index (χ3v) is 5.12. The largest absolute Gasteiger partial charge is 0.497 e. The second-order valence-electron chi connectivity index (χ2n) is 4.10. The number of carbonyl (C=O) groups excluding carboxylic acids is 1. The van der Waals surface area contributed by atoms with Crippen molar-refractivity contribution in [1.29, 1.82) is 0 Å². The molecule has 0 saturated heterocycles. The summed E-state index contributed by atoms with van der Waals surface area (Å²) in [6.45, 7) is 1.46. The van der Waals surface area contributed by atoms with E-state index in [0.29, 0.717) is 5.16 Å². The minimum Gasteiger partial charge on any atom is -0.497 e. The average molecular weight is 353 g/mol. The van der Waals surface area contributed by atoms with E-state index in [0.717, 1.165) is 15.8 Å². The van der Waals surface area contributed by atoms with Gasteiger partial charge >= 0.3 is 0 Å². The molecule has 0 radical (unpaired) electrons. The van der Waals surface area contributed by atoms with Crippen LogP contribution in [0.25, 0.3) is 0 Å². The Morgan fingerprint density at radius 3 is 2.86 bits per heavy atom. The highest BCUT2D eigenvalue weighted by atomic mass is 32.2. The third kappa shape index (κ3) is 5.70. The molecule has 0 spiro atoms. The fourth-order valence-corrected chi connectivity index (χ4v) is 3.68. The van der Waals surface area contributed by atoms with Crippen LogP contribution in [0, 0.1) is 0 Å². The highest BCUT2D eigenvalue weighted by molar-refractivity contribution is 8.02. The van der Waals surface area contributed by atoms with Gasteiger partial charge in [0.1, 0.15) is 5.75 Å². The van der Waals surface area contributed by atoms with Crippen molar-refractivity contribution in [3.63, 3.8) is 0 Å². The molecule has 0 saturated carbocycles. The van der Waals surface area contributed by atoms with Crippen molar-refractivity contribution in [1.82, 2.24) is 14.7 Å². The summed E-state index contributed by atoms with van der Waals surface area (Å²) < 4.78 is 10.3. The van der Waals surface area contributed by atoms with Crippen molar-refractivity contribution < 1.29 is 9.53 Å². The SMILES string of the molecule is COc1ccc(CSc2nc(S/C=C\NC(C)=O)ns2)cc1. The molecule has 0 unspecified atom stereocenters. The Hall–Kier alpha value is -1.51. The molecule has 1 aromatic heterocycles. The molecule has 2 rings (SSSR count). The Bertz CT molecular complexity index is 641. The van der Waals surface area contributed by atoms with E-state index in [1.54, 1.807) is 30.5 Å². The second kappa shape index (κ2) is 8.82. The number of aromatic nitrogens is 2. The number of hydrogen-bond donors (Lipinski definition) is 1. The Balaban J connectivity index is 1.81. The van der Waals surface area contributed by atoms with Crippen LogP contribution in [0.15, 0.2) is 45.4 Å². The minimum atomic E-state index is -0.0983. The maximum absolute atomic E-state index is 10.7. The molecule has 0 aliphatic rings. The molecule has 8 heteroatoms. The predicted octanol–water partition coefficient (Wildman–Crippen LogP) is 3.54. The summed E-state index contributed by atoms with van der Waals surface area (Å²) in [4.78, 5) is 15.1. The first-order valence-corrected chi connectivity index (χ1v) is 8.99. The molecule has 0 atom stereocenters. The molecule has 1 heterocycles. The summed E-state index contributed by atoms with van der Waals surface area (Å²) in [5, 5.41) is 5.01. The summed E-state index contributed by atoms with van der Waals surface area (Å²) in [5.41, 5.74) is 1.21. The number of benzene rings is 1. The lowest BCUT2D eigenvalue weighted by Gasteiger charge is -2.01. The van der Waals surface area contributed by atoms with Gasteiger partial charge in [0, 0.05) is 18.9 Å². The summed E-state index contributed by atoms with van der Waals surface area (Å²) in [7, 11) is 1.66. The van der Waals surface area contributed by atoms with Crippen LogP contribution < -0.4 is 10.1 Å². The van der Waals surface area contributed by atoms with Crippen LogP contribution in [-0.4, -0.2) is 22.4 Å². The van der Waals surface area contributed by atoms with Gasteiger partial charge in [-0.2, -0.15) is 4.37 Å². The van der Waals surface area contributed by atoms with Crippen LogP contribution in [-0.2, 0) is 10.5 Å². The number of thioether (sulfide) groups is 2. The van der Waals surface area contributed by atoms with Gasteiger partial charge in [0.05, 0.1) is 7.11 Å². The molecular formula is C14H15N3O2S3. The zero-order valence-corrected chi connectivity index (χ0v) is 14.6. The van der Waals surface area contributed by atoms with E-state index < -0.39 is 0 Å². The van der Waals surface area contributed by atoms with E-state index in [2.05, 4.69) is 14.7 Å². The lowest BCUT2D eigenvalue weighted by atomic mass is 10.2. The monoisotopic (exact) mass is 353 g/mol. The molecule has 2 aromatic rings. The topological polar surface area (TPSA) is 64.1 Å². The number of amides is 1. The minimum absolute atomic E-state index is 0.0983. The van der Waals surface area contributed by atoms with E-state index in [9.17, 15) is 4.79 Å². The predicted molar refractivity (Wildman–Crippen MR) is 91.3 cm³/mol. The van der Waals surface area contributed by atoms with Crippen LogP contribution in [0.2, 0.25) is 0 Å². The van der Waals surface area contributed by atoms with E-state index in [4.69, 9.17) is 4.74 Å². The van der Waals surface area contributed by atoms with Gasteiger partial charge in [-0.25, -0.2) is 4.98 Å². The molecule has 0 aliphatic carbocycles. The highest BCUT2D eigenvalue weighted by Crippen LogP contribution is 2.28. The Morgan fingerprint density at radius 1 is 1.41 bits per heavy atom. The molecule has 1 amide bonds. The summed E-state index contributed by atoms with van der Waals surface area (Å²) in [6.07, 6.45) is 1.58. The van der Waals surface area contributed by atoms with E-state index in [1.807, 2.05) is 24.3 Å². The number of rotatable bonds is 7. The highest BCUT2D eigenvalue weighted by Gasteiger charge is 2.05.